The fraction of sp³-hybridized carbons (Fsp3) is 0.444. The summed E-state index contributed by atoms with van der Waals surface area (Å²) < 4.78 is 0. The van der Waals surface area contributed by atoms with Gasteiger partial charge < -0.3 is 5.11 Å². The Morgan fingerprint density at radius 1 is 1.62 bits per heavy atom. The van der Waals surface area contributed by atoms with E-state index >= 15 is 0 Å². The molecule has 0 saturated heterocycles. The van der Waals surface area contributed by atoms with E-state index in [4.69, 9.17) is 0 Å². The summed E-state index contributed by atoms with van der Waals surface area (Å²) in [6, 6.07) is 1.66. The normalized spacial score (nSPS) is 11.3. The van der Waals surface area contributed by atoms with Crippen molar-refractivity contribution in [3.63, 3.8) is 0 Å². The Morgan fingerprint density at radius 3 is 2.77 bits per heavy atom. The molecule has 0 spiro atoms. The van der Waals surface area contributed by atoms with Crippen LogP contribution in [0.15, 0.2) is 18.6 Å². The highest BCUT2D eigenvalue weighted by atomic mass is 16.3. The van der Waals surface area contributed by atoms with Crippen molar-refractivity contribution in [2.45, 2.75) is 25.9 Å². The van der Waals surface area contributed by atoms with E-state index in [1.807, 2.05) is 0 Å². The lowest BCUT2D eigenvalue weighted by molar-refractivity contribution is -0.133. The third kappa shape index (κ3) is 2.91. The summed E-state index contributed by atoms with van der Waals surface area (Å²) in [6.07, 6.45) is 3.10. The highest BCUT2D eigenvalue weighted by molar-refractivity contribution is 5.87. The summed E-state index contributed by atoms with van der Waals surface area (Å²) in [5.74, 6) is -0.244. The Labute approximate surface area is 76.7 Å². The number of carbonyl (C=O) groups is 1. The van der Waals surface area contributed by atoms with Crippen LogP contribution in [0.4, 0.5) is 0 Å². The van der Waals surface area contributed by atoms with Crippen LogP contribution >= 0.6 is 0 Å². The minimum atomic E-state index is -1.29. The zero-order chi connectivity index (χ0) is 9.90. The molecular formula is C9H12N2O2. The van der Waals surface area contributed by atoms with Crippen LogP contribution in [-0.4, -0.2) is 26.5 Å². The second kappa shape index (κ2) is 3.62. The second-order valence-corrected chi connectivity index (χ2v) is 3.36. The highest BCUT2D eigenvalue weighted by Gasteiger charge is 2.23. The van der Waals surface area contributed by atoms with Crippen molar-refractivity contribution >= 4 is 5.78 Å². The van der Waals surface area contributed by atoms with Crippen LogP contribution in [0.2, 0.25) is 0 Å². The molecule has 13 heavy (non-hydrogen) atoms. The number of rotatable bonds is 3. The first-order valence-electron chi connectivity index (χ1n) is 4.01. The molecule has 0 saturated carbocycles. The summed E-state index contributed by atoms with van der Waals surface area (Å²) in [4.78, 5) is 18.9. The molecule has 1 aromatic rings. The molecule has 0 radical (unpaired) electrons. The number of hydrogen-bond acceptors (Lipinski definition) is 4. The van der Waals surface area contributed by atoms with Gasteiger partial charge >= 0.3 is 0 Å². The molecule has 0 aliphatic rings. The molecule has 0 aromatic carbocycles. The van der Waals surface area contributed by atoms with Crippen LogP contribution in [0, 0.1) is 0 Å². The lowest BCUT2D eigenvalue weighted by atomic mass is 10.00. The van der Waals surface area contributed by atoms with Gasteiger partial charge in [0.2, 0.25) is 0 Å². The van der Waals surface area contributed by atoms with Crippen molar-refractivity contribution in [2.75, 3.05) is 0 Å². The first kappa shape index (κ1) is 9.80. The molecule has 0 amide bonds. The molecule has 1 rings (SSSR count). The maximum Gasteiger partial charge on any atom is 0.169 e. The van der Waals surface area contributed by atoms with Crippen molar-refractivity contribution < 1.29 is 9.90 Å². The van der Waals surface area contributed by atoms with E-state index in [2.05, 4.69) is 9.97 Å². The molecule has 1 aromatic heterocycles. The molecule has 0 aliphatic carbocycles. The van der Waals surface area contributed by atoms with Crippen LogP contribution in [0.1, 0.15) is 19.5 Å². The Morgan fingerprint density at radius 2 is 2.31 bits per heavy atom. The number of hydrogen-bond donors (Lipinski definition) is 1. The molecule has 0 unspecified atom stereocenters. The van der Waals surface area contributed by atoms with E-state index in [-0.39, 0.29) is 12.2 Å². The first-order valence-corrected chi connectivity index (χ1v) is 4.01. The Balaban J connectivity index is 2.66. The lowest BCUT2D eigenvalue weighted by Crippen LogP contribution is -2.32. The van der Waals surface area contributed by atoms with Gasteiger partial charge in [0, 0.05) is 6.20 Å². The van der Waals surface area contributed by atoms with E-state index in [1.165, 1.54) is 20.2 Å². The van der Waals surface area contributed by atoms with Gasteiger partial charge in [0.05, 0.1) is 12.1 Å². The molecule has 0 fully saturated rings. The molecule has 4 nitrogen and oxygen atoms in total. The predicted octanol–water partition coefficient (Wildman–Crippen LogP) is 0.359. The predicted molar refractivity (Wildman–Crippen MR) is 47.0 cm³/mol. The van der Waals surface area contributed by atoms with Crippen LogP contribution in [0.3, 0.4) is 0 Å². The van der Waals surface area contributed by atoms with Crippen LogP contribution in [0.25, 0.3) is 0 Å². The van der Waals surface area contributed by atoms with Crippen molar-refractivity contribution in [2.24, 2.45) is 0 Å². The van der Waals surface area contributed by atoms with Gasteiger partial charge in [-0.15, -0.1) is 0 Å². The van der Waals surface area contributed by atoms with Gasteiger partial charge in [-0.3, -0.25) is 4.79 Å². The van der Waals surface area contributed by atoms with Gasteiger partial charge in [-0.05, 0) is 19.9 Å². The van der Waals surface area contributed by atoms with Crippen LogP contribution in [-0.2, 0) is 11.2 Å². The van der Waals surface area contributed by atoms with Crippen LogP contribution < -0.4 is 0 Å². The molecular weight excluding hydrogens is 168 g/mol. The fourth-order valence-corrected chi connectivity index (χ4v) is 0.803. The van der Waals surface area contributed by atoms with Gasteiger partial charge in [0.15, 0.2) is 5.78 Å². The Kier molecular flexibility index (Phi) is 2.72. The third-order valence-electron chi connectivity index (χ3n) is 1.67. The summed E-state index contributed by atoms with van der Waals surface area (Å²) in [7, 11) is 0. The zero-order valence-corrected chi connectivity index (χ0v) is 7.69. The Bertz CT molecular complexity index is 290. The number of ketones is 1. The largest absolute Gasteiger partial charge is 0.383 e. The van der Waals surface area contributed by atoms with Crippen molar-refractivity contribution in [3.8, 4) is 0 Å². The van der Waals surface area contributed by atoms with E-state index in [0.29, 0.717) is 5.69 Å². The molecule has 0 atom stereocenters. The number of aromatic nitrogens is 2. The van der Waals surface area contributed by atoms with E-state index < -0.39 is 5.60 Å². The minimum absolute atomic E-state index is 0.145. The lowest BCUT2D eigenvalue weighted by Gasteiger charge is -2.14. The quantitative estimate of drug-likeness (QED) is 0.729. The van der Waals surface area contributed by atoms with Gasteiger partial charge in [0.25, 0.3) is 0 Å². The monoisotopic (exact) mass is 180 g/mol. The summed E-state index contributed by atoms with van der Waals surface area (Å²) >= 11 is 0. The summed E-state index contributed by atoms with van der Waals surface area (Å²) in [6.45, 7) is 2.94. The number of nitrogens with zero attached hydrogens (tertiary/aromatic N) is 2. The zero-order valence-electron chi connectivity index (χ0n) is 7.69. The summed E-state index contributed by atoms with van der Waals surface area (Å²) in [5, 5.41) is 9.35. The van der Waals surface area contributed by atoms with E-state index in [9.17, 15) is 9.90 Å². The average molecular weight is 180 g/mol. The van der Waals surface area contributed by atoms with Gasteiger partial charge in [-0.1, -0.05) is 0 Å². The van der Waals surface area contributed by atoms with E-state index in [0.717, 1.165) is 0 Å². The highest BCUT2D eigenvalue weighted by Crippen LogP contribution is 2.06. The van der Waals surface area contributed by atoms with Crippen molar-refractivity contribution in [3.05, 3.63) is 24.3 Å². The number of aliphatic hydroxyl groups is 1. The average Bonchev–Trinajstić information content (AvgIpc) is 2.04. The number of Topliss-reactive ketones (excluding diaryl/α,β-unsaturated/α-hetero) is 1. The summed E-state index contributed by atoms with van der Waals surface area (Å²) in [5.41, 5.74) is -0.660. The van der Waals surface area contributed by atoms with Gasteiger partial charge in [-0.2, -0.15) is 0 Å². The molecule has 0 aliphatic heterocycles. The molecule has 4 heteroatoms. The standard InChI is InChI=1S/C9H12N2O2/c1-9(2,13)8(12)5-7-3-4-10-6-11-7/h3-4,6,13H,5H2,1-2H3. The fourth-order valence-electron chi connectivity index (χ4n) is 0.803. The molecule has 1 N–H and O–H groups in total. The van der Waals surface area contributed by atoms with E-state index in [1.54, 1.807) is 12.3 Å². The number of carbonyl (C=O) groups excluding carboxylic acids is 1. The third-order valence-corrected chi connectivity index (χ3v) is 1.67. The van der Waals surface area contributed by atoms with Crippen molar-refractivity contribution in [1.29, 1.82) is 0 Å². The minimum Gasteiger partial charge on any atom is -0.383 e. The topological polar surface area (TPSA) is 63.1 Å². The maximum atomic E-state index is 11.3. The molecule has 0 bridgehead atoms. The van der Waals surface area contributed by atoms with Gasteiger partial charge in [0.1, 0.15) is 11.9 Å². The second-order valence-electron chi connectivity index (χ2n) is 3.36. The SMILES string of the molecule is CC(C)(O)C(=O)Cc1ccncn1. The first-order chi connectivity index (χ1) is 6.00. The molecule has 70 valence electrons. The molecule has 1 heterocycles. The van der Waals surface area contributed by atoms with Gasteiger partial charge in [-0.25, -0.2) is 9.97 Å². The Hall–Kier alpha value is -1.29. The van der Waals surface area contributed by atoms with Crippen LogP contribution in [0.5, 0.6) is 0 Å². The maximum absolute atomic E-state index is 11.3. The van der Waals surface area contributed by atoms with Crippen molar-refractivity contribution in [1.82, 2.24) is 9.97 Å². The smallest absolute Gasteiger partial charge is 0.169 e.